The molecule has 7 heteroatoms. The van der Waals surface area contributed by atoms with Crippen LogP contribution in [0.3, 0.4) is 0 Å². The van der Waals surface area contributed by atoms with Crippen LogP contribution in [0.5, 0.6) is 0 Å². The largest absolute Gasteiger partial charge is 0.267 e. The van der Waals surface area contributed by atoms with E-state index in [1.807, 2.05) is 39.8 Å². The summed E-state index contributed by atoms with van der Waals surface area (Å²) in [7, 11) is -3.88. The highest BCUT2D eigenvalue weighted by molar-refractivity contribution is 7.92. The number of pyridine rings is 2. The molecule has 0 aliphatic carbocycles. The zero-order chi connectivity index (χ0) is 18.0. The van der Waals surface area contributed by atoms with Gasteiger partial charge in [-0.1, -0.05) is 26.8 Å². The van der Waals surface area contributed by atoms with Crippen LogP contribution < -0.4 is 4.31 Å². The van der Waals surface area contributed by atoms with Gasteiger partial charge in [-0.05, 0) is 30.5 Å². The van der Waals surface area contributed by atoms with E-state index < -0.39 is 10.0 Å². The van der Waals surface area contributed by atoms with Gasteiger partial charge in [-0.3, -0.25) is 4.98 Å². The number of sulfonamides is 1. The Morgan fingerprint density at radius 2 is 1.96 bits per heavy atom. The van der Waals surface area contributed by atoms with Crippen molar-refractivity contribution in [1.29, 1.82) is 5.26 Å². The Hall–Kier alpha value is -2.46. The lowest BCUT2D eigenvalue weighted by Crippen LogP contribution is -2.38. The number of nitrogens with zero attached hydrogens (tertiary/aromatic N) is 4. The van der Waals surface area contributed by atoms with Crippen LogP contribution in [0.4, 0.5) is 5.82 Å². The summed E-state index contributed by atoms with van der Waals surface area (Å²) in [5.74, 6) is 0.354. The fourth-order valence-corrected chi connectivity index (χ4v) is 3.77. The third-order valence-electron chi connectivity index (χ3n) is 3.18. The number of hydrogen-bond donors (Lipinski definition) is 0. The fraction of sp³-hybridized carbons (Fsp3) is 0.353. The Labute approximate surface area is 142 Å². The summed E-state index contributed by atoms with van der Waals surface area (Å²) in [6.45, 7) is 7.92. The topological polar surface area (TPSA) is 87.0 Å². The summed E-state index contributed by atoms with van der Waals surface area (Å²) in [6, 6.07) is 8.49. The molecule has 2 aromatic heterocycles. The average Bonchev–Trinajstić information content (AvgIpc) is 2.51. The van der Waals surface area contributed by atoms with E-state index in [1.54, 1.807) is 12.1 Å². The zero-order valence-electron chi connectivity index (χ0n) is 14.2. The molecular weight excluding hydrogens is 324 g/mol. The lowest BCUT2D eigenvalue weighted by atomic mass is 9.97. The van der Waals surface area contributed by atoms with E-state index in [0.29, 0.717) is 5.82 Å². The van der Waals surface area contributed by atoms with Gasteiger partial charge in [0.25, 0.3) is 10.0 Å². The number of anilines is 1. The molecule has 2 aromatic rings. The quantitative estimate of drug-likeness (QED) is 0.851. The predicted molar refractivity (Wildman–Crippen MR) is 91.9 cm³/mol. The van der Waals surface area contributed by atoms with Crippen molar-refractivity contribution in [2.24, 2.45) is 5.41 Å². The molecule has 0 aliphatic heterocycles. The van der Waals surface area contributed by atoms with Crippen molar-refractivity contribution in [3.63, 3.8) is 0 Å². The van der Waals surface area contributed by atoms with Crippen molar-refractivity contribution < 1.29 is 8.42 Å². The zero-order valence-corrected chi connectivity index (χ0v) is 15.0. The molecule has 0 fully saturated rings. The van der Waals surface area contributed by atoms with Crippen LogP contribution in [0.25, 0.3) is 0 Å². The highest BCUT2D eigenvalue weighted by Gasteiger charge is 2.30. The minimum absolute atomic E-state index is 0.0193. The Morgan fingerprint density at radius 1 is 1.25 bits per heavy atom. The Bertz CT molecular complexity index is 880. The van der Waals surface area contributed by atoms with Crippen molar-refractivity contribution in [1.82, 2.24) is 9.97 Å². The van der Waals surface area contributed by atoms with Crippen LogP contribution in [-0.4, -0.2) is 24.9 Å². The maximum absolute atomic E-state index is 13.1. The maximum Gasteiger partial charge on any atom is 0.267 e. The molecule has 0 bridgehead atoms. The van der Waals surface area contributed by atoms with Gasteiger partial charge in [-0.2, -0.15) is 5.26 Å². The highest BCUT2D eigenvalue weighted by atomic mass is 32.2. The molecule has 0 N–H and O–H groups in total. The molecule has 0 saturated carbocycles. The molecule has 0 aromatic carbocycles. The number of hydrogen-bond acceptors (Lipinski definition) is 5. The minimum atomic E-state index is -3.88. The van der Waals surface area contributed by atoms with E-state index in [4.69, 9.17) is 5.26 Å². The lowest BCUT2D eigenvalue weighted by molar-refractivity contribution is 0.425. The van der Waals surface area contributed by atoms with Crippen molar-refractivity contribution in [2.75, 3.05) is 10.8 Å². The summed E-state index contributed by atoms with van der Waals surface area (Å²) in [4.78, 5) is 8.20. The second kappa shape index (κ2) is 6.57. The molecule has 0 radical (unpaired) electrons. The van der Waals surface area contributed by atoms with Gasteiger partial charge in [0.05, 0.1) is 5.56 Å². The molecule has 2 rings (SSSR count). The van der Waals surface area contributed by atoms with Gasteiger partial charge >= 0.3 is 0 Å². The van der Waals surface area contributed by atoms with Crippen molar-refractivity contribution in [3.05, 3.63) is 47.9 Å². The highest BCUT2D eigenvalue weighted by Crippen LogP contribution is 2.27. The van der Waals surface area contributed by atoms with E-state index in [0.717, 1.165) is 5.69 Å². The standard InChI is InChI=1S/C17H20N4O2S/c1-13-6-5-7-16(20-13)21(12-17(2,3)4)24(22,23)15-8-14(9-18)10-19-11-15/h5-8,10-11H,12H2,1-4H3. The SMILES string of the molecule is Cc1cccc(N(CC(C)(C)C)S(=O)(=O)c2cncc(C#N)c2)n1. The van der Waals surface area contributed by atoms with Crippen molar-refractivity contribution in [3.8, 4) is 6.07 Å². The summed E-state index contributed by atoms with van der Waals surface area (Å²) < 4.78 is 27.5. The first-order valence-corrected chi connectivity index (χ1v) is 8.89. The van der Waals surface area contributed by atoms with Gasteiger partial charge in [-0.15, -0.1) is 0 Å². The third kappa shape index (κ3) is 4.09. The monoisotopic (exact) mass is 344 g/mol. The Kier molecular flexibility index (Phi) is 4.90. The van der Waals surface area contributed by atoms with Gasteiger partial charge in [0, 0.05) is 24.6 Å². The van der Waals surface area contributed by atoms with E-state index in [2.05, 4.69) is 9.97 Å². The molecular formula is C17H20N4O2S. The first-order chi connectivity index (χ1) is 11.1. The first-order valence-electron chi connectivity index (χ1n) is 7.45. The van der Waals surface area contributed by atoms with Gasteiger partial charge in [0.15, 0.2) is 0 Å². The van der Waals surface area contributed by atoms with Crippen LogP contribution >= 0.6 is 0 Å². The molecule has 0 atom stereocenters. The molecule has 24 heavy (non-hydrogen) atoms. The number of rotatable bonds is 4. The third-order valence-corrected chi connectivity index (χ3v) is 4.89. The number of aryl methyl sites for hydroxylation is 1. The van der Waals surface area contributed by atoms with Crippen LogP contribution in [-0.2, 0) is 10.0 Å². The molecule has 0 amide bonds. The molecule has 6 nitrogen and oxygen atoms in total. The summed E-state index contributed by atoms with van der Waals surface area (Å²) in [5, 5.41) is 9.00. The molecule has 0 spiro atoms. The van der Waals surface area contributed by atoms with Crippen LogP contribution in [0.2, 0.25) is 0 Å². The molecule has 0 unspecified atom stereocenters. The average molecular weight is 344 g/mol. The minimum Gasteiger partial charge on any atom is -0.262 e. The summed E-state index contributed by atoms with van der Waals surface area (Å²) in [6.07, 6.45) is 2.58. The Balaban J connectivity index is 2.59. The summed E-state index contributed by atoms with van der Waals surface area (Å²) in [5.41, 5.74) is 0.646. The molecule has 126 valence electrons. The number of aromatic nitrogens is 2. The maximum atomic E-state index is 13.1. The van der Waals surface area contributed by atoms with E-state index in [9.17, 15) is 8.42 Å². The van der Waals surface area contributed by atoms with E-state index >= 15 is 0 Å². The molecule has 0 aliphatic rings. The molecule has 0 saturated heterocycles. The van der Waals surface area contributed by atoms with Crippen molar-refractivity contribution >= 4 is 15.8 Å². The van der Waals surface area contributed by atoms with Crippen molar-refractivity contribution in [2.45, 2.75) is 32.6 Å². The van der Waals surface area contributed by atoms with Gasteiger partial charge < -0.3 is 0 Å². The smallest absolute Gasteiger partial charge is 0.262 e. The fourth-order valence-electron chi connectivity index (χ4n) is 2.14. The number of nitriles is 1. The lowest BCUT2D eigenvalue weighted by Gasteiger charge is -2.30. The Morgan fingerprint density at radius 3 is 2.54 bits per heavy atom. The van der Waals surface area contributed by atoms with E-state index in [1.165, 1.54) is 22.8 Å². The summed E-state index contributed by atoms with van der Waals surface area (Å²) >= 11 is 0. The van der Waals surface area contributed by atoms with Gasteiger partial charge in [0.1, 0.15) is 16.8 Å². The second-order valence-electron chi connectivity index (χ2n) is 6.73. The van der Waals surface area contributed by atoms with Crippen LogP contribution in [0.1, 0.15) is 32.0 Å². The van der Waals surface area contributed by atoms with Gasteiger partial charge in [-0.25, -0.2) is 17.7 Å². The van der Waals surface area contributed by atoms with Gasteiger partial charge in [0.2, 0.25) is 0 Å². The normalized spacial score (nSPS) is 11.8. The van der Waals surface area contributed by atoms with Crippen LogP contribution in [0, 0.1) is 23.7 Å². The first kappa shape index (κ1) is 17.9. The van der Waals surface area contributed by atoms with E-state index in [-0.39, 0.29) is 22.4 Å². The second-order valence-corrected chi connectivity index (χ2v) is 8.59. The van der Waals surface area contributed by atoms with Crippen LogP contribution in [0.15, 0.2) is 41.6 Å². The predicted octanol–water partition coefficient (Wildman–Crippen LogP) is 2.90. The molecule has 2 heterocycles.